The molecule has 0 N–H and O–H groups in total. The quantitative estimate of drug-likeness (QED) is 0.621. The number of benzene rings is 2. The van der Waals surface area contributed by atoms with Crippen molar-refractivity contribution in [3.05, 3.63) is 64.7 Å². The largest absolute Gasteiger partial charge is 0.454 e. The van der Waals surface area contributed by atoms with Crippen molar-refractivity contribution in [3.8, 4) is 11.5 Å². The lowest BCUT2D eigenvalue weighted by Crippen LogP contribution is -2.35. The van der Waals surface area contributed by atoms with Crippen molar-refractivity contribution in [1.29, 1.82) is 0 Å². The molecular formula is C28H29NO7. The number of ketones is 1. The van der Waals surface area contributed by atoms with Gasteiger partial charge in [-0.25, -0.2) is 4.79 Å². The van der Waals surface area contributed by atoms with Crippen molar-refractivity contribution >= 4 is 17.4 Å². The Hall–Kier alpha value is -3.36. The highest BCUT2D eigenvalue weighted by atomic mass is 16.8. The second-order valence-electron chi connectivity index (χ2n) is 9.98. The molecule has 1 amide bonds. The van der Waals surface area contributed by atoms with Crippen LogP contribution in [0.15, 0.2) is 48.0 Å². The van der Waals surface area contributed by atoms with Crippen molar-refractivity contribution in [2.24, 2.45) is 0 Å². The molecule has 3 heterocycles. The number of hydrogen-bond donors (Lipinski definition) is 0. The lowest BCUT2D eigenvalue weighted by Gasteiger charge is -2.26. The Morgan fingerprint density at radius 1 is 1.03 bits per heavy atom. The second-order valence-corrected chi connectivity index (χ2v) is 9.98. The number of carbonyl (C=O) groups is 2. The maximum Gasteiger partial charge on any atom is 0.410 e. The van der Waals surface area contributed by atoms with E-state index < -0.39 is 18.0 Å². The molecule has 36 heavy (non-hydrogen) atoms. The normalized spacial score (nSPS) is 24.3. The number of nitrogens with zero attached hydrogens (tertiary/aromatic N) is 1. The molecule has 8 nitrogen and oxygen atoms in total. The van der Waals surface area contributed by atoms with Gasteiger partial charge >= 0.3 is 6.09 Å². The van der Waals surface area contributed by atoms with Crippen molar-refractivity contribution in [2.75, 3.05) is 19.9 Å². The summed E-state index contributed by atoms with van der Waals surface area (Å²) in [5.41, 5.74) is 4.25. The molecule has 0 bridgehead atoms. The summed E-state index contributed by atoms with van der Waals surface area (Å²) in [7, 11) is 0. The van der Waals surface area contributed by atoms with Crippen LogP contribution in [0.5, 0.6) is 11.5 Å². The zero-order valence-electron chi connectivity index (χ0n) is 20.5. The molecule has 1 aliphatic carbocycles. The maximum atomic E-state index is 13.6. The van der Waals surface area contributed by atoms with Gasteiger partial charge < -0.3 is 28.6 Å². The van der Waals surface area contributed by atoms with Gasteiger partial charge in [-0.1, -0.05) is 30.3 Å². The number of carbonyl (C=O) groups excluding carboxylic acids is 2. The van der Waals surface area contributed by atoms with Crippen LogP contribution in [0, 0.1) is 0 Å². The molecule has 2 aromatic rings. The first-order valence-corrected chi connectivity index (χ1v) is 12.4. The number of rotatable bonds is 2. The zero-order valence-corrected chi connectivity index (χ0v) is 20.5. The van der Waals surface area contributed by atoms with Crippen LogP contribution < -0.4 is 9.47 Å². The number of Topliss-reactive ketones (excluding diaryl/α,β-unsaturated/α-hetero) is 1. The van der Waals surface area contributed by atoms with Crippen LogP contribution in [0.1, 0.15) is 43.4 Å². The molecule has 0 unspecified atom stereocenters. The van der Waals surface area contributed by atoms with Crippen molar-refractivity contribution < 1.29 is 33.3 Å². The van der Waals surface area contributed by atoms with Crippen molar-refractivity contribution in [2.45, 2.75) is 57.7 Å². The van der Waals surface area contributed by atoms with E-state index in [0.717, 1.165) is 22.3 Å². The van der Waals surface area contributed by atoms with Gasteiger partial charge in [0.1, 0.15) is 12.7 Å². The minimum absolute atomic E-state index is 0.0552. The van der Waals surface area contributed by atoms with E-state index in [9.17, 15) is 9.59 Å². The molecule has 0 spiro atoms. The summed E-state index contributed by atoms with van der Waals surface area (Å²) >= 11 is 0. The Bertz CT molecular complexity index is 1240. The molecule has 1 saturated heterocycles. The maximum absolute atomic E-state index is 13.6. The van der Waals surface area contributed by atoms with E-state index >= 15 is 0 Å². The summed E-state index contributed by atoms with van der Waals surface area (Å²) in [6.07, 6.45) is 0.392. The molecule has 0 saturated carbocycles. The van der Waals surface area contributed by atoms with Crippen LogP contribution >= 0.6 is 0 Å². The molecule has 4 aliphatic rings. The van der Waals surface area contributed by atoms with Gasteiger partial charge in [-0.05, 0) is 67.5 Å². The standard InChI is InChI=1S/C28H29NO7/c1-28(2)35-25-19-9-6-11-29(27(31)32-15-17-7-4-3-5-8-17)12-10-18-13-21-22(34-16-33-21)14-20(18)23(19)24(30)26(25)36-28/h3-5,7-8,13-14,25-26H,6,9-12,15-16H2,1-2H3/t25-,26+/m0/s1. The SMILES string of the molecule is CC1(C)O[C@@H]2C(=O)C3=C(CCCN(C(=O)OCc4ccccc4)CCc4cc5c(cc43)OCO5)[C@@H]2O1. The first-order chi connectivity index (χ1) is 17.4. The molecule has 2 aromatic carbocycles. The van der Waals surface area contributed by atoms with Crippen LogP contribution in [0.3, 0.4) is 0 Å². The van der Waals surface area contributed by atoms with E-state index in [1.54, 1.807) is 4.90 Å². The van der Waals surface area contributed by atoms with E-state index in [1.807, 2.05) is 56.3 Å². The predicted molar refractivity (Wildman–Crippen MR) is 129 cm³/mol. The molecule has 1 fully saturated rings. The molecule has 6 rings (SSSR count). The molecule has 3 aliphatic heterocycles. The van der Waals surface area contributed by atoms with E-state index in [1.165, 1.54) is 0 Å². The lowest BCUT2D eigenvalue weighted by molar-refractivity contribution is -0.152. The van der Waals surface area contributed by atoms with Gasteiger partial charge in [-0.2, -0.15) is 0 Å². The van der Waals surface area contributed by atoms with Crippen molar-refractivity contribution in [1.82, 2.24) is 4.90 Å². The van der Waals surface area contributed by atoms with E-state index in [0.29, 0.717) is 49.4 Å². The highest BCUT2D eigenvalue weighted by molar-refractivity contribution is 6.27. The summed E-state index contributed by atoms with van der Waals surface area (Å²) < 4.78 is 29.1. The second kappa shape index (κ2) is 8.94. The van der Waals surface area contributed by atoms with Gasteiger partial charge in [0.2, 0.25) is 6.79 Å². The summed E-state index contributed by atoms with van der Waals surface area (Å²) in [5.74, 6) is 0.374. The summed E-state index contributed by atoms with van der Waals surface area (Å²) in [6, 6.07) is 13.4. The number of hydrogen-bond acceptors (Lipinski definition) is 7. The van der Waals surface area contributed by atoms with Crippen LogP contribution in [0.4, 0.5) is 4.79 Å². The fraction of sp³-hybridized carbons (Fsp3) is 0.429. The topological polar surface area (TPSA) is 83.5 Å². The van der Waals surface area contributed by atoms with Crippen LogP contribution in [-0.2, 0) is 32.0 Å². The minimum Gasteiger partial charge on any atom is -0.454 e. The van der Waals surface area contributed by atoms with Gasteiger partial charge in [0.05, 0.1) is 0 Å². The van der Waals surface area contributed by atoms with Gasteiger partial charge in [-0.3, -0.25) is 4.79 Å². The van der Waals surface area contributed by atoms with Gasteiger partial charge in [0.25, 0.3) is 0 Å². The molecular weight excluding hydrogens is 462 g/mol. The Morgan fingerprint density at radius 3 is 2.58 bits per heavy atom. The van der Waals surface area contributed by atoms with Gasteiger partial charge in [0.15, 0.2) is 29.2 Å². The summed E-state index contributed by atoms with van der Waals surface area (Å²) in [6.45, 7) is 5.00. The molecule has 0 aromatic heterocycles. The van der Waals surface area contributed by atoms with E-state index in [4.69, 9.17) is 23.7 Å². The predicted octanol–water partition coefficient (Wildman–Crippen LogP) is 4.25. The van der Waals surface area contributed by atoms with Gasteiger partial charge in [-0.15, -0.1) is 0 Å². The van der Waals surface area contributed by atoms with Gasteiger partial charge in [0, 0.05) is 18.7 Å². The highest BCUT2D eigenvalue weighted by Crippen LogP contribution is 2.47. The summed E-state index contributed by atoms with van der Waals surface area (Å²) in [5, 5.41) is 0. The molecule has 2 atom stereocenters. The first-order valence-electron chi connectivity index (χ1n) is 12.4. The number of ether oxygens (including phenoxy) is 5. The first kappa shape index (κ1) is 23.1. The monoisotopic (exact) mass is 491 g/mol. The van der Waals surface area contributed by atoms with E-state index in [-0.39, 0.29) is 25.3 Å². The molecule has 0 radical (unpaired) electrons. The highest BCUT2D eigenvalue weighted by Gasteiger charge is 2.53. The van der Waals surface area contributed by atoms with Crippen molar-refractivity contribution in [3.63, 3.8) is 0 Å². The smallest absolute Gasteiger partial charge is 0.410 e. The third kappa shape index (κ3) is 4.14. The fourth-order valence-electron chi connectivity index (χ4n) is 5.47. The summed E-state index contributed by atoms with van der Waals surface area (Å²) in [4.78, 5) is 28.4. The molecule has 188 valence electrons. The number of fused-ring (bicyclic) bond motifs is 5. The average Bonchev–Trinajstić information content (AvgIpc) is 3.52. The Morgan fingerprint density at radius 2 is 1.78 bits per heavy atom. The third-order valence-electron chi connectivity index (χ3n) is 7.12. The Balaban J connectivity index is 1.31. The van der Waals surface area contributed by atoms with Crippen LogP contribution in [0.2, 0.25) is 0 Å². The Labute approximate surface area is 209 Å². The third-order valence-corrected chi connectivity index (χ3v) is 7.12. The minimum atomic E-state index is -0.830. The fourth-order valence-corrected chi connectivity index (χ4v) is 5.47. The lowest BCUT2D eigenvalue weighted by atomic mass is 9.91. The zero-order chi connectivity index (χ0) is 24.9. The molecule has 8 heteroatoms. The number of amides is 1. The average molecular weight is 492 g/mol. The van der Waals surface area contributed by atoms with E-state index in [2.05, 4.69) is 0 Å². The van der Waals surface area contributed by atoms with Crippen LogP contribution in [-0.4, -0.2) is 54.7 Å². The van der Waals surface area contributed by atoms with Crippen LogP contribution in [0.25, 0.3) is 5.57 Å². The Kier molecular flexibility index (Phi) is 5.73.